The fourth-order valence-corrected chi connectivity index (χ4v) is 2.17. The van der Waals surface area contributed by atoms with Gasteiger partial charge in [0.25, 0.3) is 0 Å². The fraction of sp³-hybridized carbons (Fsp3) is 0.750. The molecule has 0 aromatic carbocycles. The van der Waals surface area contributed by atoms with Gasteiger partial charge in [-0.3, -0.25) is 0 Å². The first-order chi connectivity index (χ1) is 9.83. The lowest BCUT2D eigenvalue weighted by atomic mass is 10.1. The smallest absolute Gasteiger partial charge is 0.407 e. The van der Waals surface area contributed by atoms with E-state index in [0.717, 1.165) is 18.5 Å². The first-order valence-corrected chi connectivity index (χ1v) is 7.81. The molecule has 1 heterocycles. The molecule has 1 N–H and O–H groups in total. The SMILES string of the molecule is CCCCC(C)n1cncc1CCNC(=O)OC(C)(C)C. The van der Waals surface area contributed by atoms with Crippen LogP contribution in [0.2, 0.25) is 0 Å². The summed E-state index contributed by atoms with van der Waals surface area (Å²) in [6, 6.07) is 0.448. The number of unbranched alkanes of at least 4 members (excludes halogenated alkanes) is 1. The van der Waals surface area contributed by atoms with E-state index < -0.39 is 5.60 Å². The summed E-state index contributed by atoms with van der Waals surface area (Å²) < 4.78 is 7.42. The topological polar surface area (TPSA) is 56.2 Å². The lowest BCUT2D eigenvalue weighted by Crippen LogP contribution is -2.33. The highest BCUT2D eigenvalue weighted by Crippen LogP contribution is 2.16. The van der Waals surface area contributed by atoms with Gasteiger partial charge in [-0.15, -0.1) is 0 Å². The molecule has 0 spiro atoms. The maximum absolute atomic E-state index is 11.6. The predicted octanol–water partition coefficient (Wildman–Crippen LogP) is 3.70. The van der Waals surface area contributed by atoms with Crippen LogP contribution in [-0.4, -0.2) is 27.8 Å². The number of rotatable bonds is 7. The minimum absolute atomic E-state index is 0.368. The average Bonchev–Trinajstić information content (AvgIpc) is 2.82. The van der Waals surface area contributed by atoms with Gasteiger partial charge in [0.05, 0.1) is 6.33 Å². The van der Waals surface area contributed by atoms with Crippen LogP contribution in [-0.2, 0) is 11.2 Å². The van der Waals surface area contributed by atoms with E-state index in [4.69, 9.17) is 4.74 Å². The first kappa shape index (κ1) is 17.5. The molecule has 0 saturated carbocycles. The number of carbonyl (C=O) groups is 1. The second kappa shape index (κ2) is 8.05. The van der Waals surface area contributed by atoms with Crippen molar-refractivity contribution in [3.63, 3.8) is 0 Å². The van der Waals surface area contributed by atoms with Crippen LogP contribution in [0.1, 0.15) is 65.6 Å². The molecule has 0 fully saturated rings. The van der Waals surface area contributed by atoms with Crippen LogP contribution >= 0.6 is 0 Å². The van der Waals surface area contributed by atoms with E-state index in [0.29, 0.717) is 12.6 Å². The summed E-state index contributed by atoms with van der Waals surface area (Å²) in [6.07, 6.45) is 7.72. The normalized spacial score (nSPS) is 13.0. The Kier molecular flexibility index (Phi) is 6.72. The molecule has 120 valence electrons. The van der Waals surface area contributed by atoms with Crippen LogP contribution in [0.15, 0.2) is 12.5 Å². The Bertz CT molecular complexity index is 435. The number of nitrogens with one attached hydrogen (secondary N) is 1. The Labute approximate surface area is 128 Å². The number of imidazole rings is 1. The highest BCUT2D eigenvalue weighted by atomic mass is 16.6. The summed E-state index contributed by atoms with van der Waals surface area (Å²) in [5, 5.41) is 2.78. The van der Waals surface area contributed by atoms with Crippen LogP contribution in [0.5, 0.6) is 0 Å². The molecule has 1 aromatic rings. The molecule has 0 aliphatic rings. The monoisotopic (exact) mass is 295 g/mol. The number of nitrogens with zero attached hydrogens (tertiary/aromatic N) is 2. The van der Waals surface area contributed by atoms with Gasteiger partial charge < -0.3 is 14.6 Å². The molecule has 0 aliphatic carbocycles. The number of ether oxygens (including phenoxy) is 1. The molecule has 0 radical (unpaired) electrons. The molecule has 0 aliphatic heterocycles. The van der Waals surface area contributed by atoms with Crippen LogP contribution in [0.4, 0.5) is 4.79 Å². The van der Waals surface area contributed by atoms with Gasteiger partial charge in [0.1, 0.15) is 5.60 Å². The molecule has 21 heavy (non-hydrogen) atoms. The molecule has 1 amide bonds. The largest absolute Gasteiger partial charge is 0.444 e. The van der Waals surface area contributed by atoms with E-state index in [9.17, 15) is 4.79 Å². The maximum Gasteiger partial charge on any atom is 0.407 e. The van der Waals surface area contributed by atoms with Crippen molar-refractivity contribution in [2.24, 2.45) is 0 Å². The number of alkyl carbamates (subject to hydrolysis) is 1. The van der Waals surface area contributed by atoms with E-state index in [1.165, 1.54) is 12.8 Å². The standard InChI is InChI=1S/C16H29N3O2/c1-6-7-8-13(2)19-12-17-11-14(19)9-10-18-15(20)21-16(3,4)5/h11-13H,6-10H2,1-5H3,(H,18,20). The van der Waals surface area contributed by atoms with E-state index >= 15 is 0 Å². The molecule has 0 bridgehead atoms. The van der Waals surface area contributed by atoms with Gasteiger partial charge in [-0.2, -0.15) is 0 Å². The van der Waals surface area contributed by atoms with E-state index in [1.807, 2.05) is 33.3 Å². The highest BCUT2D eigenvalue weighted by molar-refractivity contribution is 5.67. The maximum atomic E-state index is 11.6. The summed E-state index contributed by atoms with van der Waals surface area (Å²) in [7, 11) is 0. The number of hydrogen-bond donors (Lipinski definition) is 1. The van der Waals surface area contributed by atoms with E-state index in [2.05, 4.69) is 28.7 Å². The van der Waals surface area contributed by atoms with Crippen LogP contribution in [0.25, 0.3) is 0 Å². The summed E-state index contributed by atoms with van der Waals surface area (Å²) >= 11 is 0. The zero-order valence-corrected chi connectivity index (χ0v) is 14.0. The van der Waals surface area contributed by atoms with Crippen molar-refractivity contribution in [2.75, 3.05) is 6.54 Å². The zero-order valence-electron chi connectivity index (χ0n) is 14.0. The molecule has 1 atom stereocenters. The Morgan fingerprint density at radius 2 is 2.19 bits per heavy atom. The van der Waals surface area contributed by atoms with Gasteiger partial charge in [0.2, 0.25) is 0 Å². The molecular weight excluding hydrogens is 266 g/mol. The van der Waals surface area contributed by atoms with Gasteiger partial charge in [-0.1, -0.05) is 19.8 Å². The molecule has 5 nitrogen and oxygen atoms in total. The molecule has 1 aromatic heterocycles. The number of hydrogen-bond acceptors (Lipinski definition) is 3. The van der Waals surface area contributed by atoms with E-state index in [1.54, 1.807) is 0 Å². The first-order valence-electron chi connectivity index (χ1n) is 7.81. The van der Waals surface area contributed by atoms with Crippen molar-refractivity contribution < 1.29 is 9.53 Å². The van der Waals surface area contributed by atoms with Crippen molar-refractivity contribution >= 4 is 6.09 Å². The third kappa shape index (κ3) is 6.65. The van der Waals surface area contributed by atoms with Crippen molar-refractivity contribution in [2.45, 2.75) is 71.9 Å². The lowest BCUT2D eigenvalue weighted by molar-refractivity contribution is 0.0528. The average molecular weight is 295 g/mol. The summed E-state index contributed by atoms with van der Waals surface area (Å²) in [5.41, 5.74) is 0.690. The third-order valence-corrected chi connectivity index (χ3v) is 3.25. The molecular formula is C16H29N3O2. The van der Waals surface area contributed by atoms with Gasteiger partial charge in [-0.05, 0) is 34.1 Å². The minimum Gasteiger partial charge on any atom is -0.444 e. The number of carbonyl (C=O) groups excluding carboxylic acids is 1. The van der Waals surface area contributed by atoms with Gasteiger partial charge in [0.15, 0.2) is 0 Å². The number of amides is 1. The summed E-state index contributed by atoms with van der Waals surface area (Å²) in [6.45, 7) is 10.5. The Morgan fingerprint density at radius 1 is 1.48 bits per heavy atom. The van der Waals surface area contributed by atoms with Crippen molar-refractivity contribution in [3.8, 4) is 0 Å². The molecule has 1 rings (SSSR count). The van der Waals surface area contributed by atoms with E-state index in [-0.39, 0.29) is 6.09 Å². The lowest BCUT2D eigenvalue weighted by Gasteiger charge is -2.20. The van der Waals surface area contributed by atoms with Crippen molar-refractivity contribution in [1.29, 1.82) is 0 Å². The van der Waals surface area contributed by atoms with Crippen LogP contribution < -0.4 is 5.32 Å². The highest BCUT2D eigenvalue weighted by Gasteiger charge is 2.16. The molecule has 0 saturated heterocycles. The van der Waals surface area contributed by atoms with Gasteiger partial charge >= 0.3 is 6.09 Å². The minimum atomic E-state index is -0.458. The molecule has 5 heteroatoms. The zero-order chi connectivity index (χ0) is 15.9. The second-order valence-corrected chi connectivity index (χ2v) is 6.46. The Morgan fingerprint density at radius 3 is 2.81 bits per heavy atom. The fourth-order valence-electron chi connectivity index (χ4n) is 2.17. The Balaban J connectivity index is 2.42. The second-order valence-electron chi connectivity index (χ2n) is 6.46. The quantitative estimate of drug-likeness (QED) is 0.834. The number of aromatic nitrogens is 2. The summed E-state index contributed by atoms with van der Waals surface area (Å²) in [4.78, 5) is 15.8. The molecule has 1 unspecified atom stereocenters. The van der Waals surface area contributed by atoms with Crippen LogP contribution in [0, 0.1) is 0 Å². The van der Waals surface area contributed by atoms with Crippen molar-refractivity contribution in [3.05, 3.63) is 18.2 Å². The van der Waals surface area contributed by atoms with Gasteiger partial charge in [-0.25, -0.2) is 9.78 Å². The predicted molar refractivity (Wildman–Crippen MR) is 84.4 cm³/mol. The van der Waals surface area contributed by atoms with Crippen molar-refractivity contribution in [1.82, 2.24) is 14.9 Å². The summed E-state index contributed by atoms with van der Waals surface area (Å²) in [5.74, 6) is 0. The third-order valence-electron chi connectivity index (χ3n) is 3.25. The Hall–Kier alpha value is -1.52. The van der Waals surface area contributed by atoms with Gasteiger partial charge in [0, 0.05) is 30.9 Å². The van der Waals surface area contributed by atoms with Crippen LogP contribution in [0.3, 0.4) is 0 Å².